The van der Waals surface area contributed by atoms with Crippen molar-refractivity contribution in [2.45, 2.75) is 0 Å². The molecule has 1 heterocycles. The maximum atomic E-state index is 11.7. The minimum atomic E-state index is -0.157. The van der Waals surface area contributed by atoms with Gasteiger partial charge in [0.05, 0.1) is 5.39 Å². The first kappa shape index (κ1) is 9.58. The van der Waals surface area contributed by atoms with Crippen LogP contribution in [0.1, 0.15) is 0 Å². The number of phenolic OH excluding ortho intramolecular Hbond substituents is 1. The number of benzene rings is 1. The second-order valence-electron chi connectivity index (χ2n) is 3.50. The first-order valence-electron chi connectivity index (χ1n) is 4.53. The Morgan fingerprint density at radius 3 is 2.73 bits per heavy atom. The van der Waals surface area contributed by atoms with Gasteiger partial charge in [0.15, 0.2) is 22.6 Å². The number of rotatable bonds is 1. The fraction of sp³-hybridized carbons (Fsp3) is 0.182. The average molecular weight is 205 g/mol. The fourth-order valence-electron chi connectivity index (χ4n) is 1.37. The first-order chi connectivity index (χ1) is 7.09. The highest BCUT2D eigenvalue weighted by molar-refractivity contribution is 5.82. The maximum absolute atomic E-state index is 11.7. The lowest BCUT2D eigenvalue weighted by Crippen LogP contribution is -2.12. The van der Waals surface area contributed by atoms with Crippen LogP contribution in [0.4, 0.5) is 5.88 Å². The topological polar surface area (TPSA) is 53.7 Å². The Labute approximate surface area is 86.4 Å². The summed E-state index contributed by atoms with van der Waals surface area (Å²) in [6.45, 7) is 0. The van der Waals surface area contributed by atoms with Crippen molar-refractivity contribution in [2.24, 2.45) is 0 Å². The molecule has 0 unspecified atom stereocenters. The van der Waals surface area contributed by atoms with Crippen LogP contribution in [-0.4, -0.2) is 19.2 Å². The third kappa shape index (κ3) is 1.54. The van der Waals surface area contributed by atoms with Gasteiger partial charge < -0.3 is 14.4 Å². The predicted molar refractivity (Wildman–Crippen MR) is 58.5 cm³/mol. The van der Waals surface area contributed by atoms with Crippen molar-refractivity contribution >= 4 is 16.9 Å². The molecule has 78 valence electrons. The van der Waals surface area contributed by atoms with Gasteiger partial charge in [0, 0.05) is 20.2 Å². The van der Waals surface area contributed by atoms with E-state index in [4.69, 9.17) is 4.42 Å². The Hall–Kier alpha value is -1.97. The Bertz CT molecular complexity index is 557. The van der Waals surface area contributed by atoms with Crippen LogP contribution < -0.4 is 10.3 Å². The molecule has 0 saturated carbocycles. The lowest BCUT2D eigenvalue weighted by molar-refractivity contribution is 0.463. The molecule has 2 aromatic rings. The van der Waals surface area contributed by atoms with Crippen LogP contribution in [0.15, 0.2) is 33.5 Å². The summed E-state index contributed by atoms with van der Waals surface area (Å²) in [5, 5.41) is 9.94. The minimum absolute atomic E-state index is 0.0201. The van der Waals surface area contributed by atoms with E-state index >= 15 is 0 Å². The van der Waals surface area contributed by atoms with Gasteiger partial charge in [-0.1, -0.05) is 6.07 Å². The Morgan fingerprint density at radius 1 is 1.33 bits per heavy atom. The largest absolute Gasteiger partial charge is 0.504 e. The predicted octanol–water partition coefficient (Wildman–Crippen LogP) is 1.56. The summed E-state index contributed by atoms with van der Waals surface area (Å²) in [5.41, 5.74) is 0.0737. The molecule has 4 heteroatoms. The van der Waals surface area contributed by atoms with E-state index in [0.717, 1.165) is 0 Å². The van der Waals surface area contributed by atoms with E-state index in [-0.39, 0.29) is 16.8 Å². The summed E-state index contributed by atoms with van der Waals surface area (Å²) in [5.74, 6) is 0.405. The van der Waals surface area contributed by atoms with E-state index in [9.17, 15) is 9.90 Å². The van der Waals surface area contributed by atoms with E-state index in [1.54, 1.807) is 31.1 Å². The Kier molecular flexibility index (Phi) is 2.11. The fourth-order valence-corrected chi connectivity index (χ4v) is 1.37. The van der Waals surface area contributed by atoms with E-state index in [2.05, 4.69) is 0 Å². The third-order valence-electron chi connectivity index (χ3n) is 2.16. The van der Waals surface area contributed by atoms with Gasteiger partial charge in [-0.05, 0) is 12.1 Å². The molecule has 0 atom stereocenters. The highest BCUT2D eigenvalue weighted by atomic mass is 16.4. The molecular weight excluding hydrogens is 194 g/mol. The normalized spacial score (nSPS) is 10.5. The average Bonchev–Trinajstić information content (AvgIpc) is 2.19. The van der Waals surface area contributed by atoms with Crippen molar-refractivity contribution < 1.29 is 9.52 Å². The highest BCUT2D eigenvalue weighted by Gasteiger charge is 2.08. The number of hydrogen-bond acceptors (Lipinski definition) is 4. The molecule has 0 radical (unpaired) electrons. The molecule has 1 aromatic heterocycles. The van der Waals surface area contributed by atoms with Crippen molar-refractivity contribution in [2.75, 3.05) is 19.0 Å². The molecule has 0 amide bonds. The number of hydrogen-bond donors (Lipinski definition) is 1. The van der Waals surface area contributed by atoms with Gasteiger partial charge in [0.25, 0.3) is 0 Å². The number of para-hydroxylation sites is 1. The van der Waals surface area contributed by atoms with Crippen molar-refractivity contribution in [1.29, 1.82) is 0 Å². The number of aromatic hydroxyl groups is 1. The van der Waals surface area contributed by atoms with Crippen LogP contribution in [0, 0.1) is 0 Å². The van der Waals surface area contributed by atoms with Gasteiger partial charge in [-0.3, -0.25) is 4.79 Å². The van der Waals surface area contributed by atoms with Crippen LogP contribution in [0.2, 0.25) is 0 Å². The van der Waals surface area contributed by atoms with E-state index in [1.807, 2.05) is 0 Å². The lowest BCUT2D eigenvalue weighted by Gasteiger charge is -2.11. The molecule has 15 heavy (non-hydrogen) atoms. The molecule has 0 aliphatic carbocycles. The Morgan fingerprint density at radius 2 is 2.07 bits per heavy atom. The monoisotopic (exact) mass is 205 g/mol. The summed E-state index contributed by atoms with van der Waals surface area (Å²) in [6, 6.07) is 6.14. The quantitative estimate of drug-likeness (QED) is 0.767. The van der Waals surface area contributed by atoms with Crippen molar-refractivity contribution in [3.63, 3.8) is 0 Å². The summed E-state index contributed by atoms with van der Waals surface area (Å²) in [6.07, 6.45) is 0. The maximum Gasteiger partial charge on any atom is 0.199 e. The van der Waals surface area contributed by atoms with Gasteiger partial charge in [0.1, 0.15) is 0 Å². The van der Waals surface area contributed by atoms with Crippen LogP contribution in [-0.2, 0) is 0 Å². The van der Waals surface area contributed by atoms with Gasteiger partial charge in [-0.2, -0.15) is 0 Å². The molecule has 0 aliphatic heterocycles. The Balaban J connectivity index is 2.86. The van der Waals surface area contributed by atoms with Gasteiger partial charge in [0.2, 0.25) is 0 Å². The van der Waals surface area contributed by atoms with Crippen molar-refractivity contribution in [3.05, 3.63) is 34.5 Å². The molecule has 0 bridgehead atoms. The molecule has 4 nitrogen and oxygen atoms in total. The molecular formula is C11H11NO3. The van der Waals surface area contributed by atoms with Crippen molar-refractivity contribution in [1.82, 2.24) is 0 Å². The molecule has 1 N–H and O–H groups in total. The number of anilines is 1. The van der Waals surface area contributed by atoms with Crippen LogP contribution in [0.3, 0.4) is 0 Å². The number of phenols is 1. The standard InChI is InChI=1S/C11H11NO3/c1-12(2)10-6-9(14)7-4-3-5-8(13)11(7)15-10/h3-6,13H,1-2H3. The molecule has 2 rings (SSSR count). The van der Waals surface area contributed by atoms with Crippen molar-refractivity contribution in [3.8, 4) is 5.75 Å². The highest BCUT2D eigenvalue weighted by Crippen LogP contribution is 2.25. The van der Waals surface area contributed by atoms with Crippen LogP contribution in [0.25, 0.3) is 11.0 Å². The van der Waals surface area contributed by atoms with Gasteiger partial charge in [-0.25, -0.2) is 0 Å². The summed E-state index contributed by atoms with van der Waals surface area (Å²) >= 11 is 0. The zero-order valence-electron chi connectivity index (χ0n) is 8.52. The molecule has 1 aromatic carbocycles. The zero-order valence-corrected chi connectivity index (χ0v) is 8.52. The first-order valence-corrected chi connectivity index (χ1v) is 4.53. The van der Waals surface area contributed by atoms with Gasteiger partial charge >= 0.3 is 0 Å². The van der Waals surface area contributed by atoms with E-state index < -0.39 is 0 Å². The summed E-state index contributed by atoms with van der Waals surface area (Å²) in [7, 11) is 3.54. The number of nitrogens with zero attached hydrogens (tertiary/aromatic N) is 1. The zero-order chi connectivity index (χ0) is 11.0. The second kappa shape index (κ2) is 3.31. The molecule has 0 spiro atoms. The van der Waals surface area contributed by atoms with Crippen LogP contribution in [0.5, 0.6) is 5.75 Å². The summed E-state index contributed by atoms with van der Waals surface area (Å²) in [4.78, 5) is 13.3. The van der Waals surface area contributed by atoms with E-state index in [0.29, 0.717) is 11.3 Å². The molecule has 0 fully saturated rings. The third-order valence-corrected chi connectivity index (χ3v) is 2.16. The SMILES string of the molecule is CN(C)c1cc(=O)c2cccc(O)c2o1. The van der Waals surface area contributed by atoms with Gasteiger partial charge in [-0.15, -0.1) is 0 Å². The van der Waals surface area contributed by atoms with E-state index in [1.165, 1.54) is 12.1 Å². The lowest BCUT2D eigenvalue weighted by atomic mass is 10.2. The second-order valence-corrected chi connectivity index (χ2v) is 3.50. The number of fused-ring (bicyclic) bond motifs is 1. The van der Waals surface area contributed by atoms with Crippen LogP contribution >= 0.6 is 0 Å². The minimum Gasteiger partial charge on any atom is -0.504 e. The smallest absolute Gasteiger partial charge is 0.199 e. The molecule has 0 aliphatic rings. The summed E-state index contributed by atoms with van der Waals surface area (Å²) < 4.78 is 5.41. The molecule has 0 saturated heterocycles.